The first-order valence-corrected chi connectivity index (χ1v) is 14.1. The summed E-state index contributed by atoms with van der Waals surface area (Å²) in [6.45, 7) is 9.91. The van der Waals surface area contributed by atoms with Crippen molar-refractivity contribution in [2.45, 2.75) is 65.2 Å². The van der Waals surface area contributed by atoms with Gasteiger partial charge in [0.2, 0.25) is 11.8 Å². The molecule has 7 heteroatoms. The van der Waals surface area contributed by atoms with Gasteiger partial charge in [-0.3, -0.25) is 14.4 Å². The van der Waals surface area contributed by atoms with E-state index in [-0.39, 0.29) is 42.5 Å². The fourth-order valence-electron chi connectivity index (χ4n) is 6.15. The number of halogens is 1. The van der Waals surface area contributed by atoms with Crippen LogP contribution in [0.4, 0.5) is 0 Å². The lowest BCUT2D eigenvalue weighted by molar-refractivity contribution is -0.143. The number of piperidine rings is 1. The number of aliphatic carboxylic acids is 1. The number of carbonyl (C=O) groups is 3. The Hall–Kier alpha value is -2.86. The zero-order chi connectivity index (χ0) is 27.6. The highest BCUT2D eigenvalue weighted by Gasteiger charge is 2.38. The van der Waals surface area contributed by atoms with Crippen molar-refractivity contribution in [2.75, 3.05) is 26.2 Å². The molecular weight excluding hydrogens is 500 g/mol. The van der Waals surface area contributed by atoms with Gasteiger partial charge in [-0.25, -0.2) is 0 Å². The Bertz CT molecular complexity index is 1200. The summed E-state index contributed by atoms with van der Waals surface area (Å²) in [4.78, 5) is 42.2. The zero-order valence-corrected chi connectivity index (χ0v) is 23.6. The van der Waals surface area contributed by atoms with Crippen LogP contribution in [0.2, 0.25) is 5.02 Å². The van der Waals surface area contributed by atoms with Gasteiger partial charge in [0, 0.05) is 37.0 Å². The van der Waals surface area contributed by atoms with E-state index in [0.717, 1.165) is 22.3 Å². The van der Waals surface area contributed by atoms with Crippen molar-refractivity contribution >= 4 is 29.4 Å². The number of amides is 2. The number of rotatable bonds is 7. The Morgan fingerprint density at radius 1 is 1.03 bits per heavy atom. The Labute approximate surface area is 231 Å². The van der Waals surface area contributed by atoms with Crippen LogP contribution in [0, 0.1) is 25.7 Å². The van der Waals surface area contributed by atoms with Crippen molar-refractivity contribution in [3.8, 4) is 0 Å². The molecule has 6 nitrogen and oxygen atoms in total. The number of nitrogens with zero attached hydrogens (tertiary/aromatic N) is 2. The van der Waals surface area contributed by atoms with Crippen LogP contribution in [0.1, 0.15) is 79.2 Å². The number of fused-ring (bicyclic) bond motifs is 1. The van der Waals surface area contributed by atoms with Gasteiger partial charge < -0.3 is 14.9 Å². The average Bonchev–Trinajstić information content (AvgIpc) is 2.94. The molecule has 0 saturated carbocycles. The molecule has 0 aromatic heterocycles. The Balaban J connectivity index is 1.67. The highest BCUT2D eigenvalue weighted by atomic mass is 35.5. The maximum Gasteiger partial charge on any atom is 0.303 e. The van der Waals surface area contributed by atoms with Gasteiger partial charge in [-0.2, -0.15) is 0 Å². The monoisotopic (exact) mass is 538 g/mol. The van der Waals surface area contributed by atoms with E-state index in [2.05, 4.69) is 45.9 Å². The SMILES string of the molecule is Cc1ccc(C2CN(CC(=O)N3CCC(CC(=O)O)CC3)C(=O)C(CC(C)C)c3ccc(Cl)cc32)c(C)c1. The molecule has 0 aliphatic carbocycles. The van der Waals surface area contributed by atoms with Crippen LogP contribution in [-0.2, 0) is 14.4 Å². The Kier molecular flexibility index (Phi) is 8.81. The number of hydrogen-bond acceptors (Lipinski definition) is 3. The quantitative estimate of drug-likeness (QED) is 0.485. The zero-order valence-electron chi connectivity index (χ0n) is 22.9. The first-order chi connectivity index (χ1) is 18.0. The molecule has 2 unspecified atom stereocenters. The molecule has 2 aromatic rings. The van der Waals surface area contributed by atoms with E-state index in [1.807, 2.05) is 18.2 Å². The molecule has 2 heterocycles. The van der Waals surface area contributed by atoms with Crippen LogP contribution >= 0.6 is 11.6 Å². The summed E-state index contributed by atoms with van der Waals surface area (Å²) < 4.78 is 0. The summed E-state index contributed by atoms with van der Waals surface area (Å²) in [5, 5.41) is 9.75. The molecule has 2 amide bonds. The predicted molar refractivity (Wildman–Crippen MR) is 150 cm³/mol. The number of aryl methyl sites for hydroxylation is 2. The molecule has 1 N–H and O–H groups in total. The summed E-state index contributed by atoms with van der Waals surface area (Å²) >= 11 is 6.51. The van der Waals surface area contributed by atoms with Crippen molar-refractivity contribution in [3.05, 3.63) is 69.2 Å². The third-order valence-corrected chi connectivity index (χ3v) is 8.31. The van der Waals surface area contributed by atoms with Gasteiger partial charge in [-0.1, -0.05) is 55.3 Å². The van der Waals surface area contributed by atoms with E-state index in [0.29, 0.717) is 49.8 Å². The number of benzene rings is 2. The molecule has 0 spiro atoms. The first kappa shape index (κ1) is 28.2. The van der Waals surface area contributed by atoms with Gasteiger partial charge in [-0.05, 0) is 79.3 Å². The van der Waals surface area contributed by atoms with E-state index < -0.39 is 5.97 Å². The second kappa shape index (κ2) is 11.9. The largest absolute Gasteiger partial charge is 0.481 e. The molecule has 204 valence electrons. The minimum atomic E-state index is -0.793. The molecule has 0 bridgehead atoms. The second-order valence-electron chi connectivity index (χ2n) is 11.5. The molecular formula is C31H39ClN2O4. The molecule has 2 aromatic carbocycles. The summed E-state index contributed by atoms with van der Waals surface area (Å²) in [5.74, 6) is -0.914. The van der Waals surface area contributed by atoms with Gasteiger partial charge in [0.1, 0.15) is 0 Å². The number of likely N-dealkylation sites (tertiary alicyclic amines) is 1. The summed E-state index contributed by atoms with van der Waals surface area (Å²) in [7, 11) is 0. The van der Waals surface area contributed by atoms with Gasteiger partial charge >= 0.3 is 5.97 Å². The molecule has 0 radical (unpaired) electrons. The first-order valence-electron chi connectivity index (χ1n) is 13.7. The van der Waals surface area contributed by atoms with Gasteiger partial charge in [0.05, 0.1) is 12.5 Å². The third-order valence-electron chi connectivity index (χ3n) is 8.08. The summed E-state index contributed by atoms with van der Waals surface area (Å²) in [6, 6.07) is 12.3. The van der Waals surface area contributed by atoms with Crippen LogP contribution in [-0.4, -0.2) is 58.9 Å². The Morgan fingerprint density at radius 3 is 2.34 bits per heavy atom. The van der Waals surface area contributed by atoms with Crippen LogP contribution in [0.15, 0.2) is 36.4 Å². The molecule has 2 atom stereocenters. The Morgan fingerprint density at radius 2 is 1.71 bits per heavy atom. The van der Waals surface area contributed by atoms with Crippen molar-refractivity contribution in [2.24, 2.45) is 11.8 Å². The fraction of sp³-hybridized carbons (Fsp3) is 0.516. The van der Waals surface area contributed by atoms with Crippen LogP contribution in [0.5, 0.6) is 0 Å². The normalized spacial score (nSPS) is 20.4. The van der Waals surface area contributed by atoms with Crippen molar-refractivity contribution in [3.63, 3.8) is 0 Å². The third kappa shape index (κ3) is 6.40. The minimum Gasteiger partial charge on any atom is -0.481 e. The van der Waals surface area contributed by atoms with E-state index >= 15 is 0 Å². The lowest BCUT2D eigenvalue weighted by atomic mass is 9.81. The molecule has 4 rings (SSSR count). The van der Waals surface area contributed by atoms with Crippen molar-refractivity contribution < 1.29 is 19.5 Å². The fourth-order valence-corrected chi connectivity index (χ4v) is 6.33. The number of carboxylic acids is 1. The molecule has 2 aliphatic heterocycles. The summed E-state index contributed by atoms with van der Waals surface area (Å²) in [6.07, 6.45) is 2.19. The van der Waals surface area contributed by atoms with E-state index in [1.165, 1.54) is 5.56 Å². The maximum absolute atomic E-state index is 14.1. The predicted octanol–water partition coefficient (Wildman–Crippen LogP) is 5.77. The maximum atomic E-state index is 14.1. The standard InChI is InChI=1S/C31H39ClN2O4/c1-19(2)13-27-25-8-6-23(32)16-26(25)28(24-7-5-20(3)14-21(24)4)17-34(31(27)38)18-29(35)33-11-9-22(10-12-33)15-30(36)37/h5-8,14,16,19,22,27-28H,9-13,15,17-18H2,1-4H3,(H,36,37). The van der Waals surface area contributed by atoms with Gasteiger partial charge in [0.25, 0.3) is 0 Å². The average molecular weight is 539 g/mol. The molecule has 1 saturated heterocycles. The highest BCUT2D eigenvalue weighted by Crippen LogP contribution is 2.41. The van der Waals surface area contributed by atoms with E-state index in [1.54, 1.807) is 9.80 Å². The second-order valence-corrected chi connectivity index (χ2v) is 11.9. The molecule has 1 fully saturated rings. The van der Waals surface area contributed by atoms with Gasteiger partial charge in [0.15, 0.2) is 0 Å². The minimum absolute atomic E-state index is 0.0105. The van der Waals surface area contributed by atoms with Crippen molar-refractivity contribution in [1.29, 1.82) is 0 Å². The van der Waals surface area contributed by atoms with E-state index in [9.17, 15) is 14.4 Å². The molecule has 38 heavy (non-hydrogen) atoms. The number of carbonyl (C=O) groups excluding carboxylic acids is 2. The topological polar surface area (TPSA) is 77.9 Å². The lowest BCUT2D eigenvalue weighted by Crippen LogP contribution is -2.47. The van der Waals surface area contributed by atoms with Gasteiger partial charge in [-0.15, -0.1) is 0 Å². The van der Waals surface area contributed by atoms with Crippen LogP contribution in [0.3, 0.4) is 0 Å². The highest BCUT2D eigenvalue weighted by molar-refractivity contribution is 6.30. The van der Waals surface area contributed by atoms with E-state index in [4.69, 9.17) is 16.7 Å². The smallest absolute Gasteiger partial charge is 0.303 e. The van der Waals surface area contributed by atoms with Crippen LogP contribution < -0.4 is 0 Å². The number of carboxylic acid groups (broad SMARTS) is 1. The lowest BCUT2D eigenvalue weighted by Gasteiger charge is -2.34. The summed E-state index contributed by atoms with van der Waals surface area (Å²) in [5.41, 5.74) is 5.54. The molecule has 2 aliphatic rings. The van der Waals surface area contributed by atoms with Crippen molar-refractivity contribution in [1.82, 2.24) is 9.80 Å². The number of hydrogen-bond donors (Lipinski definition) is 1. The van der Waals surface area contributed by atoms with Crippen LogP contribution in [0.25, 0.3) is 0 Å².